The van der Waals surface area contributed by atoms with Gasteiger partial charge in [0.05, 0.1) is 29.9 Å². The van der Waals surface area contributed by atoms with Crippen LogP contribution in [0.2, 0.25) is 0 Å². The summed E-state index contributed by atoms with van der Waals surface area (Å²) in [5, 5.41) is 2.87. The Kier molecular flexibility index (Phi) is 7.50. The molecule has 190 valence electrons. The van der Waals surface area contributed by atoms with E-state index in [0.717, 1.165) is 6.07 Å². The number of aliphatic imine (C=N–C) groups is 1. The second-order valence-electron chi connectivity index (χ2n) is 8.09. The molecule has 4 rings (SSSR count). The molecule has 0 radical (unpaired) electrons. The van der Waals surface area contributed by atoms with Gasteiger partial charge in [0, 0.05) is 31.8 Å². The number of carbonyl (C=O) groups excluding carboxylic acids is 1. The van der Waals surface area contributed by atoms with Crippen LogP contribution in [0.25, 0.3) is 0 Å². The molecule has 2 unspecified atom stereocenters. The first-order valence-electron chi connectivity index (χ1n) is 10.8. The summed E-state index contributed by atoms with van der Waals surface area (Å²) in [7, 11) is 3.08. The van der Waals surface area contributed by atoms with Crippen molar-refractivity contribution in [3.05, 3.63) is 65.8 Å². The van der Waals surface area contributed by atoms with E-state index in [1.165, 1.54) is 49.8 Å². The number of hydrogen-bond donors (Lipinski definition) is 2. The molecule has 1 saturated carbocycles. The first-order chi connectivity index (χ1) is 17.3. The minimum atomic E-state index is -1.09. The van der Waals surface area contributed by atoms with Crippen molar-refractivity contribution in [2.75, 3.05) is 26.1 Å². The number of halogens is 2. The number of amides is 1. The fourth-order valence-electron chi connectivity index (χ4n) is 4.08. The summed E-state index contributed by atoms with van der Waals surface area (Å²) in [4.78, 5) is 28.6. The van der Waals surface area contributed by atoms with Gasteiger partial charge in [-0.3, -0.25) is 9.79 Å². The summed E-state index contributed by atoms with van der Waals surface area (Å²) in [5.41, 5.74) is 6.07. The predicted octanol–water partition coefficient (Wildman–Crippen LogP) is 3.37. The lowest BCUT2D eigenvalue weighted by atomic mass is 10.1. The average molecular weight is 519 g/mol. The number of nitrogens with two attached hydrogens (primary N) is 1. The Morgan fingerprint density at radius 1 is 1.31 bits per heavy atom. The van der Waals surface area contributed by atoms with Crippen molar-refractivity contribution in [1.82, 2.24) is 15.0 Å². The van der Waals surface area contributed by atoms with Gasteiger partial charge in [-0.15, -0.1) is 0 Å². The van der Waals surface area contributed by atoms with Crippen molar-refractivity contribution in [3.8, 4) is 5.88 Å². The van der Waals surface area contributed by atoms with E-state index in [2.05, 4.69) is 25.3 Å². The Morgan fingerprint density at radius 3 is 2.75 bits per heavy atom. The Hall–Kier alpha value is -3.58. The molecule has 1 aliphatic carbocycles. The van der Waals surface area contributed by atoms with E-state index in [-0.39, 0.29) is 42.0 Å². The minimum Gasteiger partial charge on any atom is -0.467 e. The van der Waals surface area contributed by atoms with Crippen molar-refractivity contribution in [2.24, 2.45) is 16.6 Å². The van der Waals surface area contributed by atoms with Crippen molar-refractivity contribution in [3.63, 3.8) is 0 Å². The van der Waals surface area contributed by atoms with Crippen molar-refractivity contribution in [2.45, 2.75) is 24.2 Å². The minimum absolute atomic E-state index is 0.0410. The van der Waals surface area contributed by atoms with Crippen molar-refractivity contribution < 1.29 is 27.5 Å². The summed E-state index contributed by atoms with van der Waals surface area (Å²) in [6.45, 7) is 2.21. The third-order valence-electron chi connectivity index (χ3n) is 5.91. The molecular weight excluding hydrogens is 494 g/mol. The number of amidine groups is 1. The van der Waals surface area contributed by atoms with Crippen LogP contribution >= 0.6 is 11.8 Å². The molecule has 3 atom stereocenters. The van der Waals surface area contributed by atoms with Crippen LogP contribution in [0.1, 0.15) is 34.8 Å². The van der Waals surface area contributed by atoms with Crippen LogP contribution in [-0.4, -0.2) is 51.5 Å². The number of ether oxygens (including phenoxy) is 2. The number of benzene rings is 1. The van der Waals surface area contributed by atoms with E-state index in [1.807, 2.05) is 6.92 Å². The number of rotatable bonds is 9. The number of nitrogens with zero attached hydrogens (tertiary/aromatic N) is 4. The predicted molar refractivity (Wildman–Crippen MR) is 129 cm³/mol. The highest BCUT2D eigenvalue weighted by molar-refractivity contribution is 8.15. The molecular formula is C23H24F2N6O4S. The quantitative estimate of drug-likeness (QED) is 0.322. The van der Waals surface area contributed by atoms with Gasteiger partial charge in [0.1, 0.15) is 12.0 Å². The fourth-order valence-corrected chi connectivity index (χ4v) is 5.45. The Balaban J connectivity index is 1.50. The first-order valence-corrected chi connectivity index (χ1v) is 11.6. The number of carbonyl (C=O) groups is 1. The van der Waals surface area contributed by atoms with Crippen molar-refractivity contribution in [1.29, 1.82) is 0 Å². The lowest BCUT2D eigenvalue weighted by molar-refractivity contribution is 0.102. The molecule has 1 aliphatic rings. The smallest absolute Gasteiger partial charge is 0.275 e. The zero-order chi connectivity index (χ0) is 25.9. The maximum atomic E-state index is 14.9. The van der Waals surface area contributed by atoms with Gasteiger partial charge in [0.25, 0.3) is 5.91 Å². The molecule has 1 amide bonds. The Bertz CT molecular complexity index is 1260. The molecule has 3 aromatic rings. The molecule has 1 fully saturated rings. The third-order valence-corrected chi connectivity index (χ3v) is 7.43. The molecule has 0 aliphatic heterocycles. The highest BCUT2D eigenvalue weighted by Crippen LogP contribution is 2.66. The van der Waals surface area contributed by atoms with Crippen LogP contribution < -0.4 is 15.8 Å². The molecule has 36 heavy (non-hydrogen) atoms. The highest BCUT2D eigenvalue weighted by Gasteiger charge is 2.64. The van der Waals surface area contributed by atoms with Crippen LogP contribution in [0.4, 0.5) is 14.5 Å². The molecule has 10 nitrogen and oxygen atoms in total. The van der Waals surface area contributed by atoms with E-state index in [4.69, 9.17) is 19.6 Å². The molecule has 0 saturated heterocycles. The maximum Gasteiger partial charge on any atom is 0.275 e. The molecule has 1 aromatic carbocycles. The van der Waals surface area contributed by atoms with Gasteiger partial charge in [-0.1, -0.05) is 18.7 Å². The van der Waals surface area contributed by atoms with Gasteiger partial charge in [0.2, 0.25) is 11.8 Å². The third kappa shape index (κ3) is 5.16. The fraction of sp³-hybridized carbons (Fsp3) is 0.348. The Morgan fingerprint density at radius 2 is 2.11 bits per heavy atom. The monoisotopic (exact) mass is 518 g/mol. The zero-order valence-corrected chi connectivity index (χ0v) is 20.5. The normalized spacial score (nSPS) is 21.3. The van der Waals surface area contributed by atoms with Gasteiger partial charge < -0.3 is 24.9 Å². The molecule has 13 heteroatoms. The largest absolute Gasteiger partial charge is 0.467 e. The Labute approximate surface area is 209 Å². The maximum absolute atomic E-state index is 14.9. The van der Waals surface area contributed by atoms with E-state index in [1.54, 1.807) is 7.05 Å². The summed E-state index contributed by atoms with van der Waals surface area (Å²) >= 11 is 1.27. The zero-order valence-electron chi connectivity index (χ0n) is 19.7. The lowest BCUT2D eigenvalue weighted by Gasteiger charge is -2.17. The van der Waals surface area contributed by atoms with Gasteiger partial charge >= 0.3 is 0 Å². The van der Waals surface area contributed by atoms with Crippen LogP contribution in [0.15, 0.2) is 46.4 Å². The molecule has 3 N–H and O–H groups in total. The van der Waals surface area contributed by atoms with Gasteiger partial charge in [-0.25, -0.2) is 23.7 Å². The number of thioether (sulfide) groups is 1. The first kappa shape index (κ1) is 25.5. The van der Waals surface area contributed by atoms with Crippen LogP contribution in [-0.2, 0) is 11.3 Å². The van der Waals surface area contributed by atoms with Crippen molar-refractivity contribution >= 4 is 28.5 Å². The standard InChI is InChI=1S/C23H24F2N6O4S/c1-12-19(23(12,11-33-3)36-22(26)27-2)14-6-13(7-15(24)20(14)25)31-21(32)16-8-30-17(9-29-16)35-10-18-28-4-5-34-18/h4-9,12,19H,10-11H2,1-3H3,(H2,26,27)(H,31,32)/t12?,19?,23-/m0/s1. The second kappa shape index (κ2) is 10.6. The second-order valence-corrected chi connectivity index (χ2v) is 9.47. The number of oxazole rings is 1. The average Bonchev–Trinajstić information content (AvgIpc) is 3.19. The summed E-state index contributed by atoms with van der Waals surface area (Å²) in [5.74, 6) is -2.70. The summed E-state index contributed by atoms with van der Waals surface area (Å²) in [6, 6.07) is 2.33. The topological polar surface area (TPSA) is 138 Å². The summed E-state index contributed by atoms with van der Waals surface area (Å²) < 4.78 is 44.6. The SMILES string of the molecule is C/N=C(/N)S[C@@]1(COC)C(C)C1c1cc(NC(=O)c2cnc(OCc3ncco3)cn2)cc(F)c1F. The number of methoxy groups -OCH3 is 1. The van der Waals surface area contributed by atoms with E-state index < -0.39 is 28.2 Å². The van der Waals surface area contributed by atoms with Gasteiger partial charge in [0.15, 0.2) is 23.4 Å². The molecule has 0 bridgehead atoms. The van der Waals surface area contributed by atoms with Crippen LogP contribution in [0, 0.1) is 17.6 Å². The number of anilines is 1. The van der Waals surface area contributed by atoms with E-state index >= 15 is 0 Å². The van der Waals surface area contributed by atoms with E-state index in [0.29, 0.717) is 11.1 Å². The lowest BCUT2D eigenvalue weighted by Crippen LogP contribution is -2.23. The van der Waals surface area contributed by atoms with Gasteiger partial charge in [-0.05, 0) is 17.5 Å². The number of aromatic nitrogens is 3. The molecule has 0 spiro atoms. The molecule has 2 heterocycles. The molecule has 2 aromatic heterocycles. The number of hydrogen-bond acceptors (Lipinski definition) is 9. The van der Waals surface area contributed by atoms with Crippen LogP contribution in [0.5, 0.6) is 5.88 Å². The summed E-state index contributed by atoms with van der Waals surface area (Å²) in [6.07, 6.45) is 5.36. The van der Waals surface area contributed by atoms with E-state index in [9.17, 15) is 13.6 Å². The number of nitrogens with one attached hydrogen (secondary N) is 1. The van der Waals surface area contributed by atoms with Crippen LogP contribution in [0.3, 0.4) is 0 Å². The van der Waals surface area contributed by atoms with Gasteiger partial charge in [-0.2, -0.15) is 0 Å². The highest BCUT2D eigenvalue weighted by atomic mass is 32.2.